The van der Waals surface area contributed by atoms with Gasteiger partial charge in [0.15, 0.2) is 0 Å². The molecule has 1 aromatic carbocycles. The molecule has 4 nitrogen and oxygen atoms in total. The van der Waals surface area contributed by atoms with Gasteiger partial charge in [0, 0.05) is 12.6 Å². The largest absolute Gasteiger partial charge is 0.342 e. The van der Waals surface area contributed by atoms with Gasteiger partial charge in [0.1, 0.15) is 4.75 Å². The first-order valence-electron chi connectivity index (χ1n) is 8.28. The molecule has 0 radical (unpaired) electrons. The monoisotopic (exact) mass is 343 g/mol. The molecule has 2 aromatic rings. The predicted molar refractivity (Wildman–Crippen MR) is 101 cm³/mol. The lowest BCUT2D eigenvalue weighted by Crippen LogP contribution is -2.47. The third-order valence-corrected chi connectivity index (χ3v) is 4.71. The number of amides is 1. The van der Waals surface area contributed by atoms with Gasteiger partial charge in [-0.1, -0.05) is 50.2 Å². The van der Waals surface area contributed by atoms with Crippen molar-refractivity contribution in [2.24, 2.45) is 0 Å². The number of nitrogens with one attached hydrogen (secondary N) is 1. The Morgan fingerprint density at radius 1 is 1.12 bits per heavy atom. The summed E-state index contributed by atoms with van der Waals surface area (Å²) in [6, 6.07) is 15.5. The van der Waals surface area contributed by atoms with E-state index in [2.05, 4.69) is 29.0 Å². The van der Waals surface area contributed by atoms with Gasteiger partial charge in [-0.2, -0.15) is 12.6 Å². The molecule has 2 rings (SSSR count). The first-order chi connectivity index (χ1) is 11.6. The van der Waals surface area contributed by atoms with Gasteiger partial charge in [0.25, 0.3) is 0 Å². The maximum absolute atomic E-state index is 13.0. The van der Waals surface area contributed by atoms with Crippen LogP contribution >= 0.6 is 12.6 Å². The molecule has 0 aliphatic rings. The number of carbonyl (C=O) groups is 1. The van der Waals surface area contributed by atoms with E-state index < -0.39 is 4.75 Å². The molecule has 1 aromatic heterocycles. The lowest BCUT2D eigenvalue weighted by atomic mass is 9.93. The van der Waals surface area contributed by atoms with Crippen molar-refractivity contribution in [3.63, 3.8) is 0 Å². The Labute approximate surface area is 149 Å². The van der Waals surface area contributed by atoms with E-state index >= 15 is 0 Å². The van der Waals surface area contributed by atoms with Crippen LogP contribution in [0.15, 0.2) is 54.7 Å². The molecule has 0 saturated heterocycles. The highest BCUT2D eigenvalue weighted by Crippen LogP contribution is 2.31. The highest BCUT2D eigenvalue weighted by Gasteiger charge is 2.38. The van der Waals surface area contributed by atoms with Crippen LogP contribution < -0.4 is 5.32 Å². The van der Waals surface area contributed by atoms with Crippen molar-refractivity contribution in [1.29, 1.82) is 0 Å². The quantitative estimate of drug-likeness (QED) is 0.572. The Morgan fingerprint density at radius 3 is 2.38 bits per heavy atom. The van der Waals surface area contributed by atoms with Gasteiger partial charge in [-0.05, 0) is 30.8 Å². The zero-order chi connectivity index (χ0) is 17.4. The molecule has 0 aliphatic carbocycles. The van der Waals surface area contributed by atoms with Crippen LogP contribution in [-0.2, 0) is 16.0 Å². The number of aromatic nitrogens is 1. The Hall–Kier alpha value is -1.85. The van der Waals surface area contributed by atoms with Crippen LogP contribution in [0.25, 0.3) is 0 Å². The number of pyridine rings is 1. The average molecular weight is 343 g/mol. The van der Waals surface area contributed by atoms with Crippen LogP contribution in [-0.4, -0.2) is 35.5 Å². The summed E-state index contributed by atoms with van der Waals surface area (Å²) in [5.74, 6) is -0.125. The third-order valence-electron chi connectivity index (χ3n) is 4.12. The molecule has 24 heavy (non-hydrogen) atoms. The second-order valence-electron chi connectivity index (χ2n) is 5.70. The van der Waals surface area contributed by atoms with Crippen LogP contribution in [0, 0.1) is 0 Å². The molecule has 0 spiro atoms. The van der Waals surface area contributed by atoms with E-state index in [0.717, 1.165) is 18.7 Å². The van der Waals surface area contributed by atoms with Crippen molar-refractivity contribution in [2.45, 2.75) is 25.0 Å². The fraction of sp³-hybridized carbons (Fsp3) is 0.368. The predicted octanol–water partition coefficient (Wildman–Crippen LogP) is 2.86. The molecule has 1 amide bonds. The van der Waals surface area contributed by atoms with E-state index in [1.807, 2.05) is 48.5 Å². The van der Waals surface area contributed by atoms with Crippen molar-refractivity contribution in [1.82, 2.24) is 15.2 Å². The second kappa shape index (κ2) is 8.85. The third kappa shape index (κ3) is 4.58. The molecular formula is C19H25N3OS. The topological polar surface area (TPSA) is 45.2 Å². The maximum Gasteiger partial charge on any atom is 0.243 e. The fourth-order valence-corrected chi connectivity index (χ4v) is 2.96. The van der Waals surface area contributed by atoms with E-state index in [-0.39, 0.29) is 5.91 Å². The number of nitrogens with zero attached hydrogens (tertiary/aromatic N) is 2. The maximum atomic E-state index is 13.0. The van der Waals surface area contributed by atoms with E-state index in [0.29, 0.717) is 18.8 Å². The van der Waals surface area contributed by atoms with Crippen molar-refractivity contribution in [3.05, 3.63) is 66.0 Å². The number of hydrogen-bond acceptors (Lipinski definition) is 4. The average Bonchev–Trinajstić information content (AvgIpc) is 2.63. The fourth-order valence-electron chi connectivity index (χ4n) is 2.56. The van der Waals surface area contributed by atoms with E-state index in [4.69, 9.17) is 12.6 Å². The van der Waals surface area contributed by atoms with E-state index in [1.54, 1.807) is 6.20 Å². The summed E-state index contributed by atoms with van der Waals surface area (Å²) in [6.07, 6.45) is 2.18. The molecule has 1 heterocycles. The van der Waals surface area contributed by atoms with E-state index in [9.17, 15) is 4.79 Å². The van der Waals surface area contributed by atoms with Crippen LogP contribution in [0.3, 0.4) is 0 Å². The summed E-state index contributed by atoms with van der Waals surface area (Å²) in [5.41, 5.74) is 1.71. The van der Waals surface area contributed by atoms with Gasteiger partial charge in [0.2, 0.25) is 5.91 Å². The first-order valence-corrected chi connectivity index (χ1v) is 8.73. The zero-order valence-electron chi connectivity index (χ0n) is 14.3. The number of rotatable bonds is 8. The number of carbonyl (C=O) groups excluding carboxylic acids is 1. The summed E-state index contributed by atoms with van der Waals surface area (Å²) >= 11 is 4.78. The minimum atomic E-state index is -1.00. The van der Waals surface area contributed by atoms with Crippen molar-refractivity contribution in [2.75, 3.05) is 19.8 Å². The molecule has 0 saturated carbocycles. The van der Waals surface area contributed by atoms with Crippen molar-refractivity contribution >= 4 is 18.5 Å². The summed E-state index contributed by atoms with van der Waals surface area (Å²) in [7, 11) is 0. The van der Waals surface area contributed by atoms with Gasteiger partial charge < -0.3 is 5.32 Å². The molecule has 0 bridgehead atoms. The smallest absolute Gasteiger partial charge is 0.243 e. The van der Waals surface area contributed by atoms with Crippen molar-refractivity contribution < 1.29 is 4.79 Å². The Balaban J connectivity index is 2.24. The molecular weight excluding hydrogens is 318 g/mol. The van der Waals surface area contributed by atoms with Gasteiger partial charge in [-0.25, -0.2) is 0 Å². The van der Waals surface area contributed by atoms with Gasteiger partial charge in [-0.3, -0.25) is 14.7 Å². The molecule has 0 fully saturated rings. The van der Waals surface area contributed by atoms with Crippen LogP contribution in [0.1, 0.15) is 25.1 Å². The number of benzene rings is 1. The van der Waals surface area contributed by atoms with Crippen LogP contribution in [0.4, 0.5) is 0 Å². The normalized spacial score (nSPS) is 13.5. The van der Waals surface area contributed by atoms with Crippen LogP contribution in [0.2, 0.25) is 0 Å². The highest BCUT2D eigenvalue weighted by molar-refractivity contribution is 7.82. The first kappa shape index (κ1) is 18.5. The summed E-state index contributed by atoms with van der Waals surface area (Å²) in [6.45, 7) is 6.44. The summed E-state index contributed by atoms with van der Waals surface area (Å²) in [5, 5.41) is 3.01. The van der Waals surface area contributed by atoms with Gasteiger partial charge >= 0.3 is 0 Å². The molecule has 1 N–H and O–H groups in total. The minimum absolute atomic E-state index is 0.125. The number of thiol groups is 1. The molecule has 1 unspecified atom stereocenters. The zero-order valence-corrected chi connectivity index (χ0v) is 15.2. The lowest BCUT2D eigenvalue weighted by molar-refractivity contribution is -0.124. The number of hydrogen-bond donors (Lipinski definition) is 2. The SMILES string of the molecule is CCN(CC)CNC(=O)C(S)(Cc1ccccc1)c1ccccn1. The Bertz CT molecular complexity index is 632. The molecule has 5 heteroatoms. The summed E-state index contributed by atoms with van der Waals surface area (Å²) in [4.78, 5) is 19.5. The minimum Gasteiger partial charge on any atom is -0.342 e. The van der Waals surface area contributed by atoms with E-state index in [1.165, 1.54) is 0 Å². The second-order valence-corrected chi connectivity index (χ2v) is 6.47. The van der Waals surface area contributed by atoms with Crippen molar-refractivity contribution in [3.8, 4) is 0 Å². The van der Waals surface area contributed by atoms with Gasteiger partial charge in [0.05, 0.1) is 12.4 Å². The standard InChI is InChI=1S/C19H25N3OS/c1-3-22(4-2)15-21-18(23)19(24,17-12-8-9-13-20-17)14-16-10-6-5-7-11-16/h5-13,24H,3-4,14-15H2,1-2H3,(H,21,23). The summed E-state index contributed by atoms with van der Waals surface area (Å²) < 4.78 is -1.00. The molecule has 0 aliphatic heterocycles. The Morgan fingerprint density at radius 2 is 1.79 bits per heavy atom. The van der Waals surface area contributed by atoms with Gasteiger partial charge in [-0.15, -0.1) is 0 Å². The highest BCUT2D eigenvalue weighted by atomic mass is 32.1. The molecule has 1 atom stereocenters. The Kier molecular flexibility index (Phi) is 6.82. The lowest BCUT2D eigenvalue weighted by Gasteiger charge is -2.29. The van der Waals surface area contributed by atoms with Crippen LogP contribution in [0.5, 0.6) is 0 Å². The molecule has 128 valence electrons.